The molecule has 14 heavy (non-hydrogen) atoms. The van der Waals surface area contributed by atoms with Crippen LogP contribution >= 0.6 is 38.5 Å². The van der Waals surface area contributed by atoms with Gasteiger partial charge >= 0.3 is 0 Å². The molecule has 0 aliphatic heterocycles. The summed E-state index contributed by atoms with van der Waals surface area (Å²) in [5.74, 6) is 0.0400. The molecule has 0 unspecified atom stereocenters. The van der Waals surface area contributed by atoms with Gasteiger partial charge < -0.3 is 5.32 Å². The summed E-state index contributed by atoms with van der Waals surface area (Å²) in [5, 5.41) is 2.97. The summed E-state index contributed by atoms with van der Waals surface area (Å²) in [4.78, 5) is 11.7. The third-order valence-corrected chi connectivity index (χ3v) is 3.52. The quantitative estimate of drug-likeness (QED) is 0.802. The first-order chi connectivity index (χ1) is 6.66. The Morgan fingerprint density at radius 3 is 2.86 bits per heavy atom. The molecule has 0 aromatic heterocycles. The van der Waals surface area contributed by atoms with E-state index in [1.807, 2.05) is 18.2 Å². The summed E-state index contributed by atoms with van der Waals surface area (Å²) in [6.45, 7) is 0. The van der Waals surface area contributed by atoms with Crippen LogP contribution in [-0.4, -0.2) is 11.9 Å². The number of rotatable bonds is 2. The lowest BCUT2D eigenvalue weighted by Crippen LogP contribution is -2.26. The standard InChI is InChI=1S/C10H9BrINO/c11-6-1-4-9(12)8(5-6)10(14)13-7-2-3-7/h1,4-5,7H,2-3H2,(H,13,14). The summed E-state index contributed by atoms with van der Waals surface area (Å²) in [6, 6.07) is 6.15. The summed E-state index contributed by atoms with van der Waals surface area (Å²) in [6.07, 6.45) is 2.24. The van der Waals surface area contributed by atoms with E-state index in [1.54, 1.807) is 0 Å². The first-order valence-electron chi connectivity index (χ1n) is 4.43. The average Bonchev–Trinajstić information content (AvgIpc) is 2.93. The smallest absolute Gasteiger partial charge is 0.252 e. The van der Waals surface area contributed by atoms with Crippen LogP contribution in [0, 0.1) is 3.57 Å². The van der Waals surface area contributed by atoms with Gasteiger partial charge in [-0.3, -0.25) is 4.79 Å². The van der Waals surface area contributed by atoms with Crippen molar-refractivity contribution in [3.8, 4) is 0 Å². The zero-order chi connectivity index (χ0) is 10.1. The molecule has 0 heterocycles. The van der Waals surface area contributed by atoms with Crippen molar-refractivity contribution in [2.24, 2.45) is 0 Å². The fraction of sp³-hybridized carbons (Fsp3) is 0.300. The average molecular weight is 366 g/mol. The van der Waals surface area contributed by atoms with Gasteiger partial charge in [-0.15, -0.1) is 0 Å². The maximum absolute atomic E-state index is 11.7. The number of halogens is 2. The Kier molecular flexibility index (Phi) is 3.11. The van der Waals surface area contributed by atoms with Crippen molar-refractivity contribution in [3.63, 3.8) is 0 Å². The van der Waals surface area contributed by atoms with Crippen molar-refractivity contribution in [1.29, 1.82) is 0 Å². The summed E-state index contributed by atoms with van der Waals surface area (Å²) in [5.41, 5.74) is 0.756. The third kappa shape index (κ3) is 2.48. The first kappa shape index (κ1) is 10.4. The first-order valence-corrected chi connectivity index (χ1v) is 6.30. The summed E-state index contributed by atoms with van der Waals surface area (Å²) < 4.78 is 1.93. The fourth-order valence-corrected chi connectivity index (χ4v) is 2.10. The molecule has 1 aliphatic carbocycles. The Bertz CT molecular complexity index is 376. The van der Waals surface area contributed by atoms with E-state index in [4.69, 9.17) is 0 Å². The lowest BCUT2D eigenvalue weighted by atomic mass is 10.2. The van der Waals surface area contributed by atoms with Gasteiger partial charge in [-0.25, -0.2) is 0 Å². The van der Waals surface area contributed by atoms with E-state index in [1.165, 1.54) is 0 Å². The van der Waals surface area contributed by atoms with E-state index < -0.39 is 0 Å². The number of hydrogen-bond donors (Lipinski definition) is 1. The SMILES string of the molecule is O=C(NC1CC1)c1cc(Br)ccc1I. The van der Waals surface area contributed by atoms with E-state index in [9.17, 15) is 4.79 Å². The van der Waals surface area contributed by atoms with Crippen molar-refractivity contribution >= 4 is 44.4 Å². The molecule has 4 heteroatoms. The third-order valence-electron chi connectivity index (χ3n) is 2.09. The van der Waals surface area contributed by atoms with Crippen LogP contribution in [0.1, 0.15) is 23.2 Å². The highest BCUT2D eigenvalue weighted by Crippen LogP contribution is 2.22. The monoisotopic (exact) mass is 365 g/mol. The minimum Gasteiger partial charge on any atom is -0.349 e. The Hall–Kier alpha value is -0.100. The highest BCUT2D eigenvalue weighted by Gasteiger charge is 2.24. The van der Waals surface area contributed by atoms with Crippen molar-refractivity contribution in [2.75, 3.05) is 0 Å². The van der Waals surface area contributed by atoms with Crippen LogP contribution in [0.3, 0.4) is 0 Å². The highest BCUT2D eigenvalue weighted by molar-refractivity contribution is 14.1. The molecule has 0 spiro atoms. The topological polar surface area (TPSA) is 29.1 Å². The number of hydrogen-bond acceptors (Lipinski definition) is 1. The zero-order valence-electron chi connectivity index (χ0n) is 7.39. The second kappa shape index (κ2) is 4.18. The Balaban J connectivity index is 2.20. The van der Waals surface area contributed by atoms with Crippen LogP contribution in [0.25, 0.3) is 0 Å². The zero-order valence-corrected chi connectivity index (χ0v) is 11.1. The molecule has 0 bridgehead atoms. The molecule has 2 rings (SSSR count). The van der Waals surface area contributed by atoms with E-state index in [2.05, 4.69) is 43.8 Å². The maximum atomic E-state index is 11.7. The van der Waals surface area contributed by atoms with Gasteiger partial charge in [0.1, 0.15) is 0 Å². The Labute approximate surface area is 105 Å². The van der Waals surface area contributed by atoms with Crippen molar-refractivity contribution in [2.45, 2.75) is 18.9 Å². The molecule has 0 atom stereocenters. The predicted molar refractivity (Wildman–Crippen MR) is 67.3 cm³/mol. The molecule has 2 nitrogen and oxygen atoms in total. The van der Waals surface area contributed by atoms with Crippen molar-refractivity contribution < 1.29 is 4.79 Å². The Morgan fingerprint density at radius 1 is 1.50 bits per heavy atom. The maximum Gasteiger partial charge on any atom is 0.252 e. The van der Waals surface area contributed by atoms with Crippen LogP contribution in [-0.2, 0) is 0 Å². The molecular formula is C10H9BrINO. The number of carbonyl (C=O) groups is 1. The normalized spacial score (nSPS) is 15.3. The second-order valence-electron chi connectivity index (χ2n) is 3.37. The highest BCUT2D eigenvalue weighted by atomic mass is 127. The van der Waals surface area contributed by atoms with E-state index >= 15 is 0 Å². The number of carbonyl (C=O) groups excluding carboxylic acids is 1. The molecule has 1 aliphatic rings. The predicted octanol–water partition coefficient (Wildman–Crippen LogP) is 2.95. The van der Waals surface area contributed by atoms with Crippen LogP contribution in [0.15, 0.2) is 22.7 Å². The minimum atomic E-state index is 0.0400. The number of amides is 1. The van der Waals surface area contributed by atoms with Crippen LogP contribution in [0.4, 0.5) is 0 Å². The molecule has 0 saturated heterocycles. The molecule has 1 aromatic carbocycles. The van der Waals surface area contributed by atoms with Gasteiger partial charge in [0, 0.05) is 14.1 Å². The van der Waals surface area contributed by atoms with Crippen LogP contribution < -0.4 is 5.32 Å². The largest absolute Gasteiger partial charge is 0.349 e. The lowest BCUT2D eigenvalue weighted by Gasteiger charge is -2.05. The lowest BCUT2D eigenvalue weighted by molar-refractivity contribution is 0.0950. The summed E-state index contributed by atoms with van der Waals surface area (Å²) in [7, 11) is 0. The van der Waals surface area contributed by atoms with Gasteiger partial charge in [-0.2, -0.15) is 0 Å². The minimum absolute atomic E-state index is 0.0400. The molecule has 74 valence electrons. The van der Waals surface area contributed by atoms with Gasteiger partial charge in [0.05, 0.1) is 5.56 Å². The van der Waals surface area contributed by atoms with E-state index in [-0.39, 0.29) is 5.91 Å². The summed E-state index contributed by atoms with van der Waals surface area (Å²) >= 11 is 5.54. The van der Waals surface area contributed by atoms with Gasteiger partial charge in [0.15, 0.2) is 0 Å². The van der Waals surface area contributed by atoms with Gasteiger partial charge in [-0.05, 0) is 53.6 Å². The molecule has 1 fully saturated rings. The van der Waals surface area contributed by atoms with Crippen LogP contribution in [0.2, 0.25) is 0 Å². The molecule has 1 aromatic rings. The number of nitrogens with one attached hydrogen (secondary N) is 1. The molecule has 1 N–H and O–H groups in total. The molecular weight excluding hydrogens is 357 g/mol. The van der Waals surface area contributed by atoms with Crippen LogP contribution in [0.5, 0.6) is 0 Å². The van der Waals surface area contributed by atoms with Crippen molar-refractivity contribution in [3.05, 3.63) is 31.8 Å². The van der Waals surface area contributed by atoms with E-state index in [0.29, 0.717) is 6.04 Å². The molecule has 1 amide bonds. The van der Waals surface area contributed by atoms with Gasteiger partial charge in [-0.1, -0.05) is 15.9 Å². The fourth-order valence-electron chi connectivity index (χ4n) is 1.16. The van der Waals surface area contributed by atoms with E-state index in [0.717, 1.165) is 26.4 Å². The van der Waals surface area contributed by atoms with Gasteiger partial charge in [0.2, 0.25) is 0 Å². The number of benzene rings is 1. The van der Waals surface area contributed by atoms with Gasteiger partial charge in [0.25, 0.3) is 5.91 Å². The van der Waals surface area contributed by atoms with Crippen molar-refractivity contribution in [1.82, 2.24) is 5.32 Å². The Morgan fingerprint density at radius 2 is 2.21 bits per heavy atom. The molecule has 0 radical (unpaired) electrons. The molecule has 1 saturated carbocycles. The second-order valence-corrected chi connectivity index (χ2v) is 5.45.